The van der Waals surface area contributed by atoms with Gasteiger partial charge in [-0.15, -0.1) is 0 Å². The lowest BCUT2D eigenvalue weighted by Crippen LogP contribution is -2.46. The lowest BCUT2D eigenvalue weighted by atomic mass is 10.2. The second-order valence-electron chi connectivity index (χ2n) is 3.62. The number of ether oxygens (including phenoxy) is 1. The summed E-state index contributed by atoms with van der Waals surface area (Å²) in [4.78, 5) is 22.3. The molecule has 0 aromatic rings. The summed E-state index contributed by atoms with van der Waals surface area (Å²) in [5.74, 6) is -0.310. The highest BCUT2D eigenvalue weighted by Gasteiger charge is 2.18. The van der Waals surface area contributed by atoms with Crippen LogP contribution in [0.1, 0.15) is 19.8 Å². The minimum absolute atomic E-state index is 0.420. The van der Waals surface area contributed by atoms with E-state index >= 15 is 0 Å². The van der Waals surface area contributed by atoms with Crippen molar-refractivity contribution in [3.8, 4) is 0 Å². The number of carbonyl (C=O) groups excluding carboxylic acids is 1. The summed E-state index contributed by atoms with van der Waals surface area (Å²) in [6.07, 6.45) is 3.03. The largest absolute Gasteiger partial charge is 0.480 e. The zero-order chi connectivity index (χ0) is 13.8. The Hall–Kier alpha value is -0.950. The zero-order valence-electron chi connectivity index (χ0n) is 10.9. The average Bonchev–Trinajstić information content (AvgIpc) is 2.33. The van der Waals surface area contributed by atoms with Crippen LogP contribution < -0.4 is 10.6 Å². The van der Waals surface area contributed by atoms with Crippen molar-refractivity contribution in [3.63, 3.8) is 0 Å². The van der Waals surface area contributed by atoms with Crippen LogP contribution in [0.5, 0.6) is 0 Å². The lowest BCUT2D eigenvalue weighted by Gasteiger charge is -2.14. The molecule has 0 rings (SSSR count). The van der Waals surface area contributed by atoms with Crippen LogP contribution in [0, 0.1) is 0 Å². The van der Waals surface area contributed by atoms with Crippen LogP contribution in [-0.4, -0.2) is 54.9 Å². The number of hydrogen-bond donors (Lipinski definition) is 3. The van der Waals surface area contributed by atoms with Gasteiger partial charge in [0.15, 0.2) is 0 Å². The second kappa shape index (κ2) is 11.2. The smallest absolute Gasteiger partial charge is 0.326 e. The molecule has 0 spiro atoms. The molecule has 0 aromatic heterocycles. The maximum absolute atomic E-state index is 11.4. The number of rotatable bonds is 10. The molecule has 0 radical (unpaired) electrons. The Morgan fingerprint density at radius 3 is 2.72 bits per heavy atom. The fraction of sp³-hybridized carbons (Fsp3) is 0.818. The van der Waals surface area contributed by atoms with E-state index in [1.165, 1.54) is 0 Å². The maximum atomic E-state index is 11.4. The first-order valence-electron chi connectivity index (χ1n) is 5.95. The number of thioether (sulfide) groups is 1. The standard InChI is InChI=1S/C11H22N2O4S/c1-3-17-7-4-6-12-11(16)13-9(10(14)15)5-8-18-2/h9H,3-8H2,1-2H3,(H,14,15)(H2,12,13,16). The van der Waals surface area contributed by atoms with Crippen molar-refractivity contribution in [1.29, 1.82) is 0 Å². The normalized spacial score (nSPS) is 11.9. The van der Waals surface area contributed by atoms with E-state index in [9.17, 15) is 9.59 Å². The minimum Gasteiger partial charge on any atom is -0.480 e. The molecule has 0 aliphatic rings. The summed E-state index contributed by atoms with van der Waals surface area (Å²) in [7, 11) is 0. The summed E-state index contributed by atoms with van der Waals surface area (Å²) >= 11 is 1.55. The Kier molecular flexibility index (Phi) is 10.6. The highest BCUT2D eigenvalue weighted by atomic mass is 32.2. The Labute approximate surface area is 112 Å². The second-order valence-corrected chi connectivity index (χ2v) is 4.61. The molecule has 0 aliphatic carbocycles. The fourth-order valence-electron chi connectivity index (χ4n) is 1.22. The van der Waals surface area contributed by atoms with Gasteiger partial charge in [-0.3, -0.25) is 0 Å². The minimum atomic E-state index is -1.01. The van der Waals surface area contributed by atoms with Gasteiger partial charge in [-0.2, -0.15) is 11.8 Å². The van der Waals surface area contributed by atoms with Gasteiger partial charge in [0.05, 0.1) is 0 Å². The SMILES string of the molecule is CCOCCCNC(=O)NC(CCSC)C(=O)O. The molecule has 0 bridgehead atoms. The summed E-state index contributed by atoms with van der Waals surface area (Å²) in [6, 6.07) is -1.27. The first-order chi connectivity index (χ1) is 8.61. The van der Waals surface area contributed by atoms with Crippen LogP contribution in [0.4, 0.5) is 4.79 Å². The number of amides is 2. The Bertz CT molecular complexity index is 251. The predicted molar refractivity (Wildman–Crippen MR) is 72.1 cm³/mol. The van der Waals surface area contributed by atoms with Gasteiger partial charge in [-0.1, -0.05) is 0 Å². The molecular formula is C11H22N2O4S. The number of carboxylic acids is 1. The van der Waals surface area contributed by atoms with Crippen molar-refractivity contribution in [2.45, 2.75) is 25.8 Å². The Morgan fingerprint density at radius 2 is 2.17 bits per heavy atom. The monoisotopic (exact) mass is 278 g/mol. The molecule has 1 atom stereocenters. The van der Waals surface area contributed by atoms with E-state index in [-0.39, 0.29) is 0 Å². The first kappa shape index (κ1) is 17.1. The van der Waals surface area contributed by atoms with Crippen LogP contribution in [-0.2, 0) is 9.53 Å². The van der Waals surface area contributed by atoms with Gasteiger partial charge in [0.25, 0.3) is 0 Å². The molecule has 6 nitrogen and oxygen atoms in total. The topological polar surface area (TPSA) is 87.7 Å². The van der Waals surface area contributed by atoms with E-state index in [0.29, 0.717) is 38.4 Å². The van der Waals surface area contributed by atoms with Gasteiger partial charge in [-0.25, -0.2) is 9.59 Å². The molecule has 0 saturated heterocycles. The van der Waals surface area contributed by atoms with E-state index in [1.807, 2.05) is 13.2 Å². The maximum Gasteiger partial charge on any atom is 0.326 e. The van der Waals surface area contributed by atoms with Crippen LogP contribution in [0.2, 0.25) is 0 Å². The average molecular weight is 278 g/mol. The summed E-state index contributed by atoms with van der Waals surface area (Å²) in [5.41, 5.74) is 0. The van der Waals surface area contributed by atoms with Crippen LogP contribution in [0.15, 0.2) is 0 Å². The molecule has 0 fully saturated rings. The van der Waals surface area contributed by atoms with E-state index in [2.05, 4.69) is 10.6 Å². The van der Waals surface area contributed by atoms with Crippen molar-refractivity contribution < 1.29 is 19.4 Å². The van der Waals surface area contributed by atoms with E-state index in [0.717, 1.165) is 0 Å². The molecule has 1 unspecified atom stereocenters. The molecular weight excluding hydrogens is 256 g/mol. The van der Waals surface area contributed by atoms with E-state index < -0.39 is 18.0 Å². The highest BCUT2D eigenvalue weighted by Crippen LogP contribution is 2.00. The van der Waals surface area contributed by atoms with Crippen LogP contribution >= 0.6 is 11.8 Å². The molecule has 0 saturated carbocycles. The van der Waals surface area contributed by atoms with Crippen molar-refractivity contribution in [1.82, 2.24) is 10.6 Å². The van der Waals surface area contributed by atoms with E-state index in [4.69, 9.17) is 9.84 Å². The predicted octanol–water partition coefficient (Wildman–Crippen LogP) is 0.919. The van der Waals surface area contributed by atoms with Gasteiger partial charge in [0.2, 0.25) is 0 Å². The summed E-state index contributed by atoms with van der Waals surface area (Å²) in [6.45, 7) is 3.62. The van der Waals surface area contributed by atoms with Gasteiger partial charge >= 0.3 is 12.0 Å². The van der Waals surface area contributed by atoms with Crippen molar-refractivity contribution in [3.05, 3.63) is 0 Å². The number of nitrogens with one attached hydrogen (secondary N) is 2. The van der Waals surface area contributed by atoms with Crippen LogP contribution in [0.3, 0.4) is 0 Å². The van der Waals surface area contributed by atoms with Gasteiger partial charge < -0.3 is 20.5 Å². The van der Waals surface area contributed by atoms with Gasteiger partial charge in [0, 0.05) is 19.8 Å². The summed E-state index contributed by atoms with van der Waals surface area (Å²) < 4.78 is 5.12. The van der Waals surface area contributed by atoms with Crippen LogP contribution in [0.25, 0.3) is 0 Å². The molecule has 2 amide bonds. The number of carboxylic acid groups (broad SMARTS) is 1. The number of urea groups is 1. The highest BCUT2D eigenvalue weighted by molar-refractivity contribution is 7.98. The molecule has 18 heavy (non-hydrogen) atoms. The van der Waals surface area contributed by atoms with E-state index in [1.54, 1.807) is 11.8 Å². The molecule has 0 aromatic carbocycles. The number of aliphatic carboxylic acids is 1. The third-order valence-corrected chi connectivity index (χ3v) is 2.81. The van der Waals surface area contributed by atoms with Crippen molar-refractivity contribution in [2.24, 2.45) is 0 Å². The van der Waals surface area contributed by atoms with Gasteiger partial charge in [-0.05, 0) is 31.8 Å². The quantitative estimate of drug-likeness (QED) is 0.517. The Morgan fingerprint density at radius 1 is 1.44 bits per heavy atom. The fourth-order valence-corrected chi connectivity index (χ4v) is 1.69. The molecule has 7 heteroatoms. The number of carbonyl (C=O) groups is 2. The molecule has 106 valence electrons. The molecule has 0 aliphatic heterocycles. The Balaban J connectivity index is 3.77. The molecule has 3 N–H and O–H groups in total. The molecule has 0 heterocycles. The third kappa shape index (κ3) is 9.12. The van der Waals surface area contributed by atoms with Crippen molar-refractivity contribution in [2.75, 3.05) is 31.8 Å². The van der Waals surface area contributed by atoms with Gasteiger partial charge in [0.1, 0.15) is 6.04 Å². The summed E-state index contributed by atoms with van der Waals surface area (Å²) in [5, 5.41) is 14.0. The third-order valence-electron chi connectivity index (χ3n) is 2.17. The van der Waals surface area contributed by atoms with Crippen molar-refractivity contribution >= 4 is 23.8 Å². The first-order valence-corrected chi connectivity index (χ1v) is 7.35. The number of hydrogen-bond acceptors (Lipinski definition) is 4. The lowest BCUT2D eigenvalue weighted by molar-refractivity contribution is -0.139. The zero-order valence-corrected chi connectivity index (χ0v) is 11.7.